The van der Waals surface area contributed by atoms with E-state index in [1.807, 2.05) is 22.6 Å². The maximum absolute atomic E-state index is 10.4. The van der Waals surface area contributed by atoms with Crippen LogP contribution in [0, 0.1) is 3.57 Å². The zero-order valence-electron chi connectivity index (χ0n) is 7.22. The van der Waals surface area contributed by atoms with Crippen LogP contribution in [0.1, 0.15) is 0 Å². The monoisotopic (exact) mass is 320 g/mol. The van der Waals surface area contributed by atoms with Crippen LogP contribution in [0.2, 0.25) is 0 Å². The molecule has 0 saturated heterocycles. The summed E-state index contributed by atoms with van der Waals surface area (Å²) in [5.41, 5.74) is 5.96. The molecule has 0 bridgehead atoms. The highest BCUT2D eigenvalue weighted by atomic mass is 127. The molecule has 0 amide bonds. The summed E-state index contributed by atoms with van der Waals surface area (Å²) in [6.45, 7) is 0. The van der Waals surface area contributed by atoms with Gasteiger partial charge in [0.05, 0.1) is 11.6 Å². The van der Waals surface area contributed by atoms with Crippen LogP contribution in [0.25, 0.3) is 11.0 Å². The van der Waals surface area contributed by atoms with Crippen molar-refractivity contribution in [3.8, 4) is 0 Å². The number of aromatic nitrogens is 3. The summed E-state index contributed by atoms with van der Waals surface area (Å²) in [4.78, 5) is 22.6. The fourth-order valence-corrected chi connectivity index (χ4v) is 1.94. The Morgan fingerprint density at radius 2 is 2.33 bits per heavy atom. The van der Waals surface area contributed by atoms with Gasteiger partial charge in [-0.1, -0.05) is 0 Å². The van der Waals surface area contributed by atoms with Gasteiger partial charge in [-0.25, -0.2) is 14.8 Å². The summed E-state index contributed by atoms with van der Waals surface area (Å²) < 4.78 is 1.76. The van der Waals surface area contributed by atoms with E-state index in [0.717, 1.165) is 8.30 Å². The lowest BCUT2D eigenvalue weighted by atomic mass is 10.4. The standard InChI is InChI=1S/C7H5IN4O3/c8-3-1-12(15-7(13)14)6-4(3)5(9)10-2-11-6/h1-2H,(H,13,14)(H2,9,10,11). The molecule has 0 atom stereocenters. The van der Waals surface area contributed by atoms with Crippen LogP contribution in [0.15, 0.2) is 12.5 Å². The molecule has 2 heterocycles. The van der Waals surface area contributed by atoms with Crippen molar-refractivity contribution in [1.29, 1.82) is 0 Å². The molecule has 2 aromatic heterocycles. The van der Waals surface area contributed by atoms with E-state index in [0.29, 0.717) is 11.0 Å². The van der Waals surface area contributed by atoms with Gasteiger partial charge in [-0.3, -0.25) is 4.84 Å². The first-order chi connectivity index (χ1) is 7.09. The second-order valence-corrected chi connectivity index (χ2v) is 3.78. The molecule has 0 aliphatic carbocycles. The Labute approximate surface area is 97.0 Å². The van der Waals surface area contributed by atoms with E-state index in [9.17, 15) is 4.79 Å². The van der Waals surface area contributed by atoms with Crippen molar-refractivity contribution in [3.63, 3.8) is 0 Å². The van der Waals surface area contributed by atoms with Crippen LogP contribution < -0.4 is 10.6 Å². The Hall–Kier alpha value is -1.58. The molecule has 0 spiro atoms. The lowest BCUT2D eigenvalue weighted by molar-refractivity contribution is 0.0855. The van der Waals surface area contributed by atoms with Crippen molar-refractivity contribution in [3.05, 3.63) is 16.1 Å². The van der Waals surface area contributed by atoms with E-state index < -0.39 is 6.16 Å². The lowest BCUT2D eigenvalue weighted by Crippen LogP contribution is -2.16. The molecule has 0 unspecified atom stereocenters. The third-order valence-electron chi connectivity index (χ3n) is 1.71. The van der Waals surface area contributed by atoms with Crippen LogP contribution in [0.4, 0.5) is 10.6 Å². The van der Waals surface area contributed by atoms with Crippen molar-refractivity contribution < 1.29 is 14.7 Å². The van der Waals surface area contributed by atoms with Crippen LogP contribution >= 0.6 is 22.6 Å². The van der Waals surface area contributed by atoms with Crippen LogP contribution in [-0.2, 0) is 0 Å². The lowest BCUT2D eigenvalue weighted by Gasteiger charge is -2.00. The maximum Gasteiger partial charge on any atom is 0.531 e. The molecule has 3 N–H and O–H groups in total. The zero-order valence-corrected chi connectivity index (χ0v) is 9.37. The fraction of sp³-hybridized carbons (Fsp3) is 0. The fourth-order valence-electron chi connectivity index (χ4n) is 1.17. The third kappa shape index (κ3) is 1.67. The number of anilines is 1. The average Bonchev–Trinajstić information content (AvgIpc) is 2.44. The quantitative estimate of drug-likeness (QED) is 0.751. The largest absolute Gasteiger partial charge is 0.531 e. The summed E-state index contributed by atoms with van der Waals surface area (Å²) in [5, 5.41) is 9.07. The van der Waals surface area contributed by atoms with E-state index >= 15 is 0 Å². The molecule has 15 heavy (non-hydrogen) atoms. The number of halogens is 1. The molecule has 0 aliphatic heterocycles. The first-order valence-electron chi connectivity index (χ1n) is 3.78. The number of rotatable bonds is 1. The SMILES string of the molecule is Nc1ncnc2c1c(I)cn2OC(=O)O. The molecule has 0 aromatic carbocycles. The predicted molar refractivity (Wildman–Crippen MR) is 59.3 cm³/mol. The summed E-state index contributed by atoms with van der Waals surface area (Å²) >= 11 is 2.00. The maximum atomic E-state index is 10.4. The highest BCUT2D eigenvalue weighted by Crippen LogP contribution is 2.24. The molecule has 2 aromatic rings. The molecule has 8 heteroatoms. The third-order valence-corrected chi connectivity index (χ3v) is 2.53. The Morgan fingerprint density at radius 1 is 1.60 bits per heavy atom. The van der Waals surface area contributed by atoms with Gasteiger partial charge in [0.25, 0.3) is 0 Å². The number of hydrogen-bond acceptors (Lipinski definition) is 5. The number of carboxylic acid groups (broad SMARTS) is 1. The number of fused-ring (bicyclic) bond motifs is 1. The molecule has 0 aliphatic rings. The van der Waals surface area contributed by atoms with E-state index in [1.165, 1.54) is 12.5 Å². The molecule has 2 rings (SSSR count). The second-order valence-electron chi connectivity index (χ2n) is 2.62. The van der Waals surface area contributed by atoms with Crippen LogP contribution in [0.3, 0.4) is 0 Å². The van der Waals surface area contributed by atoms with Gasteiger partial charge in [-0.05, 0) is 22.6 Å². The molecule has 0 fully saturated rings. The Morgan fingerprint density at radius 3 is 3.00 bits per heavy atom. The molecule has 78 valence electrons. The topological polar surface area (TPSA) is 103 Å². The van der Waals surface area contributed by atoms with Gasteiger partial charge in [-0.2, -0.15) is 4.73 Å². The molecular formula is C7H5IN4O3. The number of nitrogens with zero attached hydrogens (tertiary/aromatic N) is 3. The first-order valence-corrected chi connectivity index (χ1v) is 4.85. The predicted octanol–water partition coefficient (Wildman–Crippen LogP) is 0.725. The van der Waals surface area contributed by atoms with Gasteiger partial charge in [0, 0.05) is 3.57 Å². The highest BCUT2D eigenvalue weighted by molar-refractivity contribution is 14.1. The van der Waals surface area contributed by atoms with Crippen molar-refractivity contribution >= 4 is 45.6 Å². The van der Waals surface area contributed by atoms with E-state index in [2.05, 4.69) is 14.8 Å². The van der Waals surface area contributed by atoms with Gasteiger partial charge in [-0.15, -0.1) is 0 Å². The smallest absolute Gasteiger partial charge is 0.448 e. The average molecular weight is 320 g/mol. The summed E-state index contributed by atoms with van der Waals surface area (Å²) in [6.07, 6.45) is 1.31. The Kier molecular flexibility index (Phi) is 2.34. The Balaban J connectivity index is 2.68. The van der Waals surface area contributed by atoms with E-state index in [-0.39, 0.29) is 5.82 Å². The molecular weight excluding hydrogens is 315 g/mol. The van der Waals surface area contributed by atoms with Gasteiger partial charge in [0.1, 0.15) is 12.1 Å². The zero-order chi connectivity index (χ0) is 11.0. The summed E-state index contributed by atoms with van der Waals surface area (Å²) in [5.74, 6) is 0.289. The highest BCUT2D eigenvalue weighted by Gasteiger charge is 2.13. The van der Waals surface area contributed by atoms with Gasteiger partial charge >= 0.3 is 6.16 Å². The van der Waals surface area contributed by atoms with Crippen molar-refractivity contribution in [2.45, 2.75) is 0 Å². The number of hydrogen-bond donors (Lipinski definition) is 2. The van der Waals surface area contributed by atoms with Gasteiger partial charge < -0.3 is 10.8 Å². The molecule has 7 nitrogen and oxygen atoms in total. The van der Waals surface area contributed by atoms with Gasteiger partial charge in [0.15, 0.2) is 5.65 Å². The summed E-state index contributed by atoms with van der Waals surface area (Å²) in [7, 11) is 0. The van der Waals surface area contributed by atoms with Crippen molar-refractivity contribution in [2.24, 2.45) is 0 Å². The number of nitrogens with two attached hydrogens (primary N) is 1. The second kappa shape index (κ2) is 3.53. The van der Waals surface area contributed by atoms with Crippen LogP contribution in [-0.4, -0.2) is 26.0 Å². The minimum Gasteiger partial charge on any atom is -0.448 e. The minimum atomic E-state index is -1.42. The van der Waals surface area contributed by atoms with E-state index in [1.54, 1.807) is 0 Å². The molecule has 0 saturated carbocycles. The normalized spacial score (nSPS) is 10.5. The van der Waals surface area contributed by atoms with Crippen molar-refractivity contribution in [1.82, 2.24) is 14.7 Å². The number of carbonyl (C=O) groups is 1. The van der Waals surface area contributed by atoms with Crippen LogP contribution in [0.5, 0.6) is 0 Å². The van der Waals surface area contributed by atoms with Crippen molar-refractivity contribution in [2.75, 3.05) is 5.73 Å². The summed E-state index contributed by atoms with van der Waals surface area (Å²) in [6, 6.07) is 0. The number of nitrogen functional groups attached to an aromatic ring is 1. The Bertz CT molecular complexity index is 538. The molecule has 0 radical (unpaired) electrons. The first kappa shape index (κ1) is 9.96. The minimum absolute atomic E-state index is 0.289. The van der Waals surface area contributed by atoms with Gasteiger partial charge in [0.2, 0.25) is 0 Å². The van der Waals surface area contributed by atoms with E-state index in [4.69, 9.17) is 10.8 Å².